The number of halogens is 1. The van der Waals surface area contributed by atoms with Crippen LogP contribution in [0.5, 0.6) is 5.75 Å². The molecule has 5 nitrogen and oxygen atoms in total. The number of hydrogen-bond acceptors (Lipinski definition) is 4. The molecule has 1 atom stereocenters. The van der Waals surface area contributed by atoms with Gasteiger partial charge in [0.15, 0.2) is 6.10 Å². The number of nitrogens with one attached hydrogen (secondary N) is 1. The van der Waals surface area contributed by atoms with E-state index in [1.165, 1.54) is 19.3 Å². The Hall–Kier alpha value is -1.11. The van der Waals surface area contributed by atoms with Crippen molar-refractivity contribution < 1.29 is 14.3 Å². The lowest BCUT2D eigenvalue weighted by molar-refractivity contribution is -0.128. The average Bonchev–Trinajstić information content (AvgIpc) is 2.69. The van der Waals surface area contributed by atoms with Crippen LogP contribution < -0.4 is 10.1 Å². The highest BCUT2D eigenvalue weighted by Gasteiger charge is 2.39. The molecule has 1 saturated heterocycles. The summed E-state index contributed by atoms with van der Waals surface area (Å²) in [6.07, 6.45) is 5.55. The zero-order valence-electron chi connectivity index (χ0n) is 15.5. The summed E-state index contributed by atoms with van der Waals surface area (Å²) in [7, 11) is 0. The van der Waals surface area contributed by atoms with E-state index in [2.05, 4.69) is 26.1 Å². The van der Waals surface area contributed by atoms with E-state index in [0.717, 1.165) is 43.6 Å². The second kappa shape index (κ2) is 9.20. The van der Waals surface area contributed by atoms with Crippen molar-refractivity contribution in [2.45, 2.75) is 50.7 Å². The minimum atomic E-state index is -0.512. The Bertz CT molecular complexity index is 581. The summed E-state index contributed by atoms with van der Waals surface area (Å²) in [5.74, 6) is 0.655. The molecule has 1 amide bonds. The number of carbonyl (C=O) groups is 1. The quantitative estimate of drug-likeness (QED) is 0.760. The monoisotopic (exact) mass is 424 g/mol. The van der Waals surface area contributed by atoms with Gasteiger partial charge in [0.25, 0.3) is 5.91 Å². The van der Waals surface area contributed by atoms with Crippen molar-refractivity contribution in [2.75, 3.05) is 32.8 Å². The molecule has 1 N–H and O–H groups in total. The third-order valence-corrected chi connectivity index (χ3v) is 6.08. The third-order valence-electron chi connectivity index (χ3n) is 5.55. The predicted octanol–water partition coefficient (Wildman–Crippen LogP) is 3.37. The molecular weight excluding hydrogens is 396 g/mol. The van der Waals surface area contributed by atoms with Gasteiger partial charge in [-0.1, -0.05) is 35.2 Å². The van der Waals surface area contributed by atoms with Crippen molar-refractivity contribution in [3.63, 3.8) is 0 Å². The van der Waals surface area contributed by atoms with Crippen LogP contribution in [0.3, 0.4) is 0 Å². The summed E-state index contributed by atoms with van der Waals surface area (Å²) in [4.78, 5) is 15.1. The second-order valence-electron chi connectivity index (χ2n) is 7.32. The van der Waals surface area contributed by atoms with Gasteiger partial charge in [-0.15, -0.1) is 0 Å². The fraction of sp³-hybridized carbons (Fsp3) is 0.650. The van der Waals surface area contributed by atoms with Gasteiger partial charge in [-0.2, -0.15) is 0 Å². The van der Waals surface area contributed by atoms with Crippen LogP contribution in [0, 0.1) is 0 Å². The molecule has 0 aromatic heterocycles. The molecule has 0 radical (unpaired) electrons. The lowest BCUT2D eigenvalue weighted by Crippen LogP contribution is -2.60. The van der Waals surface area contributed by atoms with Gasteiger partial charge in [-0.25, -0.2) is 0 Å². The highest BCUT2D eigenvalue weighted by molar-refractivity contribution is 9.10. The number of rotatable bonds is 6. The minimum absolute atomic E-state index is 0.0499. The van der Waals surface area contributed by atoms with E-state index in [4.69, 9.17) is 9.47 Å². The van der Waals surface area contributed by atoms with Gasteiger partial charge in [-0.3, -0.25) is 9.69 Å². The molecule has 3 rings (SSSR count). The van der Waals surface area contributed by atoms with Gasteiger partial charge in [0, 0.05) is 29.6 Å². The van der Waals surface area contributed by atoms with Crippen molar-refractivity contribution in [3.8, 4) is 5.75 Å². The molecule has 1 unspecified atom stereocenters. The summed E-state index contributed by atoms with van der Waals surface area (Å²) in [5, 5.41) is 3.17. The van der Waals surface area contributed by atoms with Gasteiger partial charge in [-0.05, 0) is 44.0 Å². The lowest BCUT2D eigenvalue weighted by Gasteiger charge is -2.48. The van der Waals surface area contributed by atoms with E-state index in [1.807, 2.05) is 24.3 Å². The number of amides is 1. The van der Waals surface area contributed by atoms with Crippen LogP contribution in [0.1, 0.15) is 39.0 Å². The van der Waals surface area contributed by atoms with Crippen molar-refractivity contribution in [3.05, 3.63) is 28.7 Å². The molecule has 1 aromatic rings. The summed E-state index contributed by atoms with van der Waals surface area (Å²) in [6.45, 7) is 6.00. The summed E-state index contributed by atoms with van der Waals surface area (Å²) < 4.78 is 12.3. The maximum atomic E-state index is 12.6. The van der Waals surface area contributed by atoms with Crippen LogP contribution in [0.2, 0.25) is 0 Å². The summed E-state index contributed by atoms with van der Waals surface area (Å²) in [5.41, 5.74) is 0.0784. The van der Waals surface area contributed by atoms with Crippen LogP contribution in [0.25, 0.3) is 0 Å². The first kappa shape index (κ1) is 19.6. The Labute approximate surface area is 164 Å². The Morgan fingerprint density at radius 1 is 1.23 bits per heavy atom. The maximum Gasteiger partial charge on any atom is 0.260 e. The fourth-order valence-electron chi connectivity index (χ4n) is 4.02. The molecule has 26 heavy (non-hydrogen) atoms. The topological polar surface area (TPSA) is 50.8 Å². The number of carbonyl (C=O) groups excluding carboxylic acids is 1. The van der Waals surface area contributed by atoms with E-state index >= 15 is 0 Å². The van der Waals surface area contributed by atoms with Crippen LogP contribution in [0.15, 0.2) is 28.7 Å². The van der Waals surface area contributed by atoms with Crippen molar-refractivity contribution >= 4 is 21.8 Å². The fourth-order valence-corrected chi connectivity index (χ4v) is 4.28. The number of benzene rings is 1. The molecule has 1 heterocycles. The minimum Gasteiger partial charge on any atom is -0.481 e. The highest BCUT2D eigenvalue weighted by Crippen LogP contribution is 2.34. The van der Waals surface area contributed by atoms with Crippen LogP contribution in [-0.2, 0) is 9.53 Å². The Morgan fingerprint density at radius 2 is 1.88 bits per heavy atom. The van der Waals surface area contributed by atoms with E-state index in [0.29, 0.717) is 12.3 Å². The SMILES string of the molecule is CC(Oc1ccc(Br)cc1)C(=O)NCC1(N2CCOCC2)CCCCC1. The Morgan fingerprint density at radius 3 is 2.54 bits per heavy atom. The summed E-state index contributed by atoms with van der Waals surface area (Å²) >= 11 is 3.40. The Kier molecular flexibility index (Phi) is 6.95. The molecular formula is C20H29BrN2O3. The van der Waals surface area contributed by atoms with Gasteiger partial charge in [0.2, 0.25) is 0 Å². The largest absolute Gasteiger partial charge is 0.481 e. The predicted molar refractivity (Wildman–Crippen MR) is 105 cm³/mol. The normalized spacial score (nSPS) is 21.8. The van der Waals surface area contributed by atoms with E-state index < -0.39 is 6.10 Å². The second-order valence-corrected chi connectivity index (χ2v) is 8.23. The number of morpholine rings is 1. The molecule has 6 heteroatoms. The summed E-state index contributed by atoms with van der Waals surface area (Å²) in [6, 6.07) is 7.55. The van der Waals surface area contributed by atoms with Gasteiger partial charge >= 0.3 is 0 Å². The highest BCUT2D eigenvalue weighted by atomic mass is 79.9. The smallest absolute Gasteiger partial charge is 0.260 e. The van der Waals surface area contributed by atoms with E-state index in [1.54, 1.807) is 6.92 Å². The number of ether oxygens (including phenoxy) is 2. The first-order valence-electron chi connectivity index (χ1n) is 9.62. The van der Waals surface area contributed by atoms with Gasteiger partial charge in [0.05, 0.1) is 13.2 Å². The first-order chi connectivity index (χ1) is 12.6. The molecule has 1 aliphatic carbocycles. The number of nitrogens with zero attached hydrogens (tertiary/aromatic N) is 1. The van der Waals surface area contributed by atoms with Gasteiger partial charge in [0.1, 0.15) is 5.75 Å². The Balaban J connectivity index is 1.57. The van der Waals surface area contributed by atoms with Crippen molar-refractivity contribution in [2.24, 2.45) is 0 Å². The molecule has 1 aromatic carbocycles. The standard InChI is InChI=1S/C20H29BrN2O3/c1-16(26-18-7-5-17(21)6-8-18)19(24)22-15-20(9-3-2-4-10-20)23-11-13-25-14-12-23/h5-8,16H,2-4,9-15H2,1H3,(H,22,24). The molecule has 1 saturated carbocycles. The molecule has 1 aliphatic heterocycles. The molecule has 0 bridgehead atoms. The van der Waals surface area contributed by atoms with Crippen molar-refractivity contribution in [1.82, 2.24) is 10.2 Å². The maximum absolute atomic E-state index is 12.6. The van der Waals surface area contributed by atoms with E-state index in [-0.39, 0.29) is 11.4 Å². The number of hydrogen-bond donors (Lipinski definition) is 1. The lowest BCUT2D eigenvalue weighted by atomic mass is 9.79. The zero-order chi connectivity index (χ0) is 18.4. The van der Waals surface area contributed by atoms with Crippen LogP contribution in [0.4, 0.5) is 0 Å². The van der Waals surface area contributed by atoms with Crippen LogP contribution >= 0.6 is 15.9 Å². The molecule has 0 spiro atoms. The molecule has 2 fully saturated rings. The molecule has 2 aliphatic rings. The molecule has 144 valence electrons. The van der Waals surface area contributed by atoms with Gasteiger partial charge < -0.3 is 14.8 Å². The van der Waals surface area contributed by atoms with E-state index in [9.17, 15) is 4.79 Å². The van der Waals surface area contributed by atoms with Crippen LogP contribution in [-0.4, -0.2) is 55.3 Å². The van der Waals surface area contributed by atoms with Crippen molar-refractivity contribution in [1.29, 1.82) is 0 Å². The third kappa shape index (κ3) is 4.99. The average molecular weight is 425 g/mol. The first-order valence-corrected chi connectivity index (χ1v) is 10.4. The zero-order valence-corrected chi connectivity index (χ0v) is 17.1.